The van der Waals surface area contributed by atoms with Crippen LogP contribution < -0.4 is 11.3 Å². The lowest BCUT2D eigenvalue weighted by Gasteiger charge is -2.16. The molecular weight excluding hydrogens is 234 g/mol. The van der Waals surface area contributed by atoms with Crippen LogP contribution in [0.3, 0.4) is 0 Å². The second-order valence-corrected chi connectivity index (χ2v) is 5.55. The van der Waals surface area contributed by atoms with Gasteiger partial charge in [-0.05, 0) is 12.8 Å². The van der Waals surface area contributed by atoms with Gasteiger partial charge in [-0.15, -0.1) is 0 Å². The topological polar surface area (TPSA) is 71.8 Å². The summed E-state index contributed by atoms with van der Waals surface area (Å²) in [6.45, 7) is 6.20. The van der Waals surface area contributed by atoms with Gasteiger partial charge >= 0.3 is 0 Å². The number of nitrogens with two attached hydrogens (primary N) is 1. The van der Waals surface area contributed by atoms with Gasteiger partial charge in [0.05, 0.1) is 0 Å². The summed E-state index contributed by atoms with van der Waals surface area (Å²) >= 11 is 1.54. The van der Waals surface area contributed by atoms with E-state index in [2.05, 4.69) is 30.7 Å². The average molecular weight is 255 g/mol. The van der Waals surface area contributed by atoms with Crippen molar-refractivity contribution < 1.29 is 0 Å². The second kappa shape index (κ2) is 6.81. The van der Waals surface area contributed by atoms with E-state index in [-0.39, 0.29) is 16.9 Å². The van der Waals surface area contributed by atoms with E-state index in [9.17, 15) is 4.79 Å². The Bertz CT molecular complexity index is 405. The van der Waals surface area contributed by atoms with E-state index in [0.717, 1.165) is 25.0 Å². The van der Waals surface area contributed by atoms with Gasteiger partial charge in [-0.25, -0.2) is 4.98 Å². The maximum Gasteiger partial charge on any atom is 0.251 e. The molecule has 17 heavy (non-hydrogen) atoms. The van der Waals surface area contributed by atoms with Gasteiger partial charge in [-0.2, -0.15) is 0 Å². The van der Waals surface area contributed by atoms with E-state index < -0.39 is 0 Å². The van der Waals surface area contributed by atoms with Crippen molar-refractivity contribution in [2.24, 2.45) is 5.73 Å². The normalized spacial score (nSPS) is 14.6. The van der Waals surface area contributed by atoms with Crippen molar-refractivity contribution in [1.29, 1.82) is 0 Å². The van der Waals surface area contributed by atoms with Gasteiger partial charge in [0.1, 0.15) is 0 Å². The number of aromatic amines is 1. The number of nitrogens with one attached hydrogen (secondary N) is 1. The maximum atomic E-state index is 11.5. The predicted molar refractivity (Wildman–Crippen MR) is 72.4 cm³/mol. The Kier molecular flexibility index (Phi) is 5.71. The second-order valence-electron chi connectivity index (χ2n) is 4.19. The summed E-state index contributed by atoms with van der Waals surface area (Å²) in [7, 11) is 0. The number of H-pyrrole nitrogens is 1. The van der Waals surface area contributed by atoms with Crippen molar-refractivity contribution >= 4 is 11.8 Å². The molecule has 2 unspecified atom stereocenters. The minimum atomic E-state index is -0.0804. The molecule has 0 amide bonds. The Morgan fingerprint density at radius 2 is 2.24 bits per heavy atom. The van der Waals surface area contributed by atoms with E-state index in [0.29, 0.717) is 5.16 Å². The predicted octanol–water partition coefficient (Wildman–Crippen LogP) is 1.94. The molecule has 0 bridgehead atoms. The molecule has 4 nitrogen and oxygen atoms in total. The molecule has 1 rings (SSSR count). The smallest absolute Gasteiger partial charge is 0.251 e. The number of aryl methyl sites for hydroxylation is 1. The molecule has 96 valence electrons. The van der Waals surface area contributed by atoms with Crippen LogP contribution in [0.5, 0.6) is 0 Å². The highest BCUT2D eigenvalue weighted by molar-refractivity contribution is 7.99. The van der Waals surface area contributed by atoms with Crippen molar-refractivity contribution in [2.45, 2.75) is 56.5 Å². The third kappa shape index (κ3) is 4.52. The minimum Gasteiger partial charge on any atom is -0.327 e. The van der Waals surface area contributed by atoms with Crippen molar-refractivity contribution in [3.8, 4) is 0 Å². The summed E-state index contributed by atoms with van der Waals surface area (Å²) in [5.74, 6) is 0. The third-order valence-electron chi connectivity index (χ3n) is 2.65. The minimum absolute atomic E-state index is 0.0804. The van der Waals surface area contributed by atoms with Crippen LogP contribution >= 0.6 is 11.8 Å². The number of rotatable bonds is 6. The van der Waals surface area contributed by atoms with Crippen molar-refractivity contribution in [3.05, 3.63) is 22.1 Å². The third-order valence-corrected chi connectivity index (χ3v) is 3.79. The first kappa shape index (κ1) is 14.3. The van der Waals surface area contributed by atoms with Gasteiger partial charge in [0, 0.05) is 23.1 Å². The molecule has 1 heterocycles. The van der Waals surface area contributed by atoms with Crippen LogP contribution in [0.2, 0.25) is 0 Å². The van der Waals surface area contributed by atoms with E-state index in [4.69, 9.17) is 5.73 Å². The first-order valence-electron chi connectivity index (χ1n) is 6.09. The monoisotopic (exact) mass is 255 g/mol. The molecule has 2 atom stereocenters. The molecule has 0 saturated carbocycles. The average Bonchev–Trinajstić information content (AvgIpc) is 2.27. The van der Waals surface area contributed by atoms with Crippen LogP contribution in [0.25, 0.3) is 0 Å². The number of hydrogen-bond acceptors (Lipinski definition) is 4. The first-order valence-corrected chi connectivity index (χ1v) is 6.97. The Balaban J connectivity index is 2.80. The van der Waals surface area contributed by atoms with Crippen LogP contribution in [-0.2, 0) is 6.42 Å². The molecule has 3 N–H and O–H groups in total. The molecule has 0 aromatic carbocycles. The maximum absolute atomic E-state index is 11.5. The summed E-state index contributed by atoms with van der Waals surface area (Å²) < 4.78 is 0. The molecule has 0 saturated heterocycles. The van der Waals surface area contributed by atoms with E-state index in [1.165, 1.54) is 11.8 Å². The SMILES string of the molecule is CCCc1cc(=O)[nH]c(SC(C)C(N)CC)n1. The highest BCUT2D eigenvalue weighted by Gasteiger charge is 2.13. The lowest BCUT2D eigenvalue weighted by Crippen LogP contribution is -2.29. The summed E-state index contributed by atoms with van der Waals surface area (Å²) in [6.07, 6.45) is 2.75. The van der Waals surface area contributed by atoms with Gasteiger partial charge in [0.2, 0.25) is 0 Å². The highest BCUT2D eigenvalue weighted by atomic mass is 32.2. The van der Waals surface area contributed by atoms with E-state index in [1.54, 1.807) is 6.07 Å². The summed E-state index contributed by atoms with van der Waals surface area (Å²) in [4.78, 5) is 18.7. The summed E-state index contributed by atoms with van der Waals surface area (Å²) in [5, 5.41) is 0.928. The fraction of sp³-hybridized carbons (Fsp3) is 0.667. The van der Waals surface area contributed by atoms with Crippen LogP contribution in [0.1, 0.15) is 39.3 Å². The Morgan fingerprint density at radius 3 is 2.82 bits per heavy atom. The lowest BCUT2D eigenvalue weighted by atomic mass is 10.2. The molecule has 0 aliphatic carbocycles. The zero-order valence-corrected chi connectivity index (χ0v) is 11.5. The zero-order chi connectivity index (χ0) is 12.8. The van der Waals surface area contributed by atoms with Gasteiger partial charge in [0.15, 0.2) is 5.16 Å². The number of nitrogens with zero attached hydrogens (tertiary/aromatic N) is 1. The van der Waals surface area contributed by atoms with E-state index in [1.807, 2.05) is 0 Å². The molecule has 0 fully saturated rings. The van der Waals surface area contributed by atoms with Gasteiger partial charge in [0.25, 0.3) is 5.56 Å². The van der Waals surface area contributed by atoms with Crippen molar-refractivity contribution in [1.82, 2.24) is 9.97 Å². The fourth-order valence-electron chi connectivity index (χ4n) is 1.52. The van der Waals surface area contributed by atoms with Gasteiger partial charge < -0.3 is 10.7 Å². The van der Waals surface area contributed by atoms with Crippen LogP contribution in [0, 0.1) is 0 Å². The summed E-state index contributed by atoms with van der Waals surface area (Å²) in [6, 6.07) is 1.69. The van der Waals surface area contributed by atoms with Crippen LogP contribution in [0.15, 0.2) is 16.0 Å². The quantitative estimate of drug-likeness (QED) is 0.602. The first-order chi connectivity index (χ1) is 8.06. The Morgan fingerprint density at radius 1 is 1.53 bits per heavy atom. The number of thioether (sulfide) groups is 1. The van der Waals surface area contributed by atoms with Crippen LogP contribution in [-0.4, -0.2) is 21.3 Å². The molecule has 5 heteroatoms. The van der Waals surface area contributed by atoms with Crippen LogP contribution in [0.4, 0.5) is 0 Å². The lowest BCUT2D eigenvalue weighted by molar-refractivity contribution is 0.640. The van der Waals surface area contributed by atoms with Gasteiger partial charge in [-0.3, -0.25) is 4.79 Å². The standard InChI is InChI=1S/C12H21N3OS/c1-4-6-9-7-11(16)15-12(14-9)17-8(3)10(13)5-2/h7-8,10H,4-6,13H2,1-3H3,(H,14,15,16). The Hall–Kier alpha value is -0.810. The molecule has 1 aromatic rings. The molecule has 0 aliphatic rings. The molecule has 0 aliphatic heterocycles. The summed E-state index contributed by atoms with van der Waals surface area (Å²) in [5.41, 5.74) is 6.74. The number of aromatic nitrogens is 2. The highest BCUT2D eigenvalue weighted by Crippen LogP contribution is 2.21. The molecule has 0 radical (unpaired) electrons. The molecular formula is C12H21N3OS. The fourth-order valence-corrected chi connectivity index (χ4v) is 2.57. The van der Waals surface area contributed by atoms with Crippen molar-refractivity contribution in [3.63, 3.8) is 0 Å². The molecule has 1 aromatic heterocycles. The van der Waals surface area contributed by atoms with Crippen molar-refractivity contribution in [2.75, 3.05) is 0 Å². The zero-order valence-electron chi connectivity index (χ0n) is 10.7. The Labute approximate surface area is 106 Å². The van der Waals surface area contributed by atoms with E-state index >= 15 is 0 Å². The number of hydrogen-bond donors (Lipinski definition) is 2. The largest absolute Gasteiger partial charge is 0.327 e. The van der Waals surface area contributed by atoms with Gasteiger partial charge in [-0.1, -0.05) is 39.0 Å². The molecule has 0 spiro atoms.